The molecule has 1 saturated heterocycles. The number of nitrogens with zero attached hydrogens (tertiary/aromatic N) is 2. The molecule has 1 aliphatic heterocycles. The number of halogens is 1. The summed E-state index contributed by atoms with van der Waals surface area (Å²) < 4.78 is 0. The van der Waals surface area contributed by atoms with Gasteiger partial charge in [-0.15, -0.1) is 0 Å². The molecule has 0 aliphatic carbocycles. The average Bonchev–Trinajstić information content (AvgIpc) is 2.83. The quantitative estimate of drug-likeness (QED) is 0.425. The van der Waals surface area contributed by atoms with Crippen molar-refractivity contribution < 1.29 is 24.6 Å². The van der Waals surface area contributed by atoms with Crippen LogP contribution in [0.25, 0.3) is 0 Å². The molecule has 3 rings (SSSR count). The third kappa shape index (κ3) is 7.96. The molecule has 9 heteroatoms. The van der Waals surface area contributed by atoms with Crippen molar-refractivity contribution in [1.29, 1.82) is 0 Å². The fourth-order valence-corrected chi connectivity index (χ4v) is 3.11. The molecular formula is C23H28ClN3O5. The summed E-state index contributed by atoms with van der Waals surface area (Å²) in [4.78, 5) is 36.8. The highest BCUT2D eigenvalue weighted by Gasteiger charge is 2.15. The maximum Gasteiger partial charge on any atom is 0.251 e. The second-order valence-electron chi connectivity index (χ2n) is 7.27. The maximum atomic E-state index is 11.2. The number of carbonyl (C=O) groups excluding carboxylic acids is 3. The molecule has 3 N–H and O–H groups in total. The second-order valence-corrected chi connectivity index (χ2v) is 7.71. The Morgan fingerprint density at radius 3 is 2.16 bits per heavy atom. The average molecular weight is 462 g/mol. The summed E-state index contributed by atoms with van der Waals surface area (Å²) in [6.45, 7) is 4.50. The molecule has 32 heavy (non-hydrogen) atoms. The highest BCUT2D eigenvalue weighted by molar-refractivity contribution is 6.30. The predicted octanol–water partition coefficient (Wildman–Crippen LogP) is 1.48. The summed E-state index contributed by atoms with van der Waals surface area (Å²) in [6.07, 6.45) is -0.465. The number of nitrogens with one attached hydrogen (secondary N) is 1. The van der Waals surface area contributed by atoms with Crippen LogP contribution in [-0.4, -0.2) is 72.1 Å². The van der Waals surface area contributed by atoms with E-state index in [9.17, 15) is 14.4 Å². The number of aliphatic hydroxyl groups is 2. The summed E-state index contributed by atoms with van der Waals surface area (Å²) in [5, 5.41) is 20.6. The largest absolute Gasteiger partial charge is 0.393 e. The summed E-state index contributed by atoms with van der Waals surface area (Å²) >= 11 is 5.69. The van der Waals surface area contributed by atoms with Gasteiger partial charge >= 0.3 is 0 Å². The third-order valence-corrected chi connectivity index (χ3v) is 5.21. The molecule has 1 heterocycles. The number of hydrogen-bond acceptors (Lipinski definition) is 6. The Bertz CT molecular complexity index is 882. The number of rotatable bonds is 7. The smallest absolute Gasteiger partial charge is 0.251 e. The first-order chi connectivity index (χ1) is 15.3. The van der Waals surface area contributed by atoms with Gasteiger partial charge in [-0.25, -0.2) is 0 Å². The molecule has 0 aromatic heterocycles. The molecule has 1 atom stereocenters. The molecule has 2 aromatic rings. The Labute approximate surface area is 192 Å². The van der Waals surface area contributed by atoms with Crippen molar-refractivity contribution in [2.75, 3.05) is 37.7 Å². The number of anilines is 1. The minimum atomic E-state index is -1.36. The molecule has 8 nitrogen and oxygen atoms in total. The van der Waals surface area contributed by atoms with E-state index in [-0.39, 0.29) is 5.78 Å². The Morgan fingerprint density at radius 1 is 1.06 bits per heavy atom. The van der Waals surface area contributed by atoms with Crippen molar-refractivity contribution in [3.63, 3.8) is 0 Å². The van der Waals surface area contributed by atoms with E-state index in [1.54, 1.807) is 36.1 Å². The summed E-state index contributed by atoms with van der Waals surface area (Å²) in [6, 6.07) is 14.6. The first-order valence-corrected chi connectivity index (χ1v) is 10.6. The van der Waals surface area contributed by atoms with Crippen LogP contribution in [0, 0.1) is 0 Å². The monoisotopic (exact) mass is 461 g/mol. The van der Waals surface area contributed by atoms with Gasteiger partial charge in [0.15, 0.2) is 11.9 Å². The van der Waals surface area contributed by atoms with Crippen LogP contribution in [-0.2, 0) is 16.1 Å². The fourth-order valence-electron chi connectivity index (χ4n) is 2.98. The number of ketones is 1. The minimum absolute atomic E-state index is 0.0855. The third-order valence-electron chi connectivity index (χ3n) is 4.96. The van der Waals surface area contributed by atoms with Crippen LogP contribution in [0.15, 0.2) is 48.5 Å². The topological polar surface area (TPSA) is 110 Å². The zero-order valence-electron chi connectivity index (χ0n) is 17.9. The van der Waals surface area contributed by atoms with Crippen LogP contribution < -0.4 is 10.2 Å². The van der Waals surface area contributed by atoms with Gasteiger partial charge in [-0.05, 0) is 48.9 Å². The van der Waals surface area contributed by atoms with Crippen molar-refractivity contribution in [2.45, 2.75) is 19.6 Å². The van der Waals surface area contributed by atoms with Crippen molar-refractivity contribution >= 4 is 35.4 Å². The lowest BCUT2D eigenvalue weighted by atomic mass is 10.1. The summed E-state index contributed by atoms with van der Waals surface area (Å²) in [7, 11) is 0. The maximum absolute atomic E-state index is 11.2. The van der Waals surface area contributed by atoms with Gasteiger partial charge < -0.3 is 25.3 Å². The molecule has 2 aromatic carbocycles. The highest BCUT2D eigenvalue weighted by atomic mass is 35.5. The standard InChI is InChI=1S/C13H16N2O2.C10H12ClNO3/c1-11(17)12-2-4-13(5-3-12)15-8-6-14(10-16)7-9-15;11-8-3-1-7(2-4-8)5-12-10(15)9(14)6-13/h2-5,10H,6-9H2,1H3;1-4,9,13-14H,5-6H2,(H,12,15). The number of amides is 2. The van der Waals surface area contributed by atoms with Gasteiger partial charge in [0.25, 0.3) is 5.91 Å². The minimum Gasteiger partial charge on any atom is -0.393 e. The van der Waals surface area contributed by atoms with Crippen LogP contribution in [0.5, 0.6) is 0 Å². The zero-order chi connectivity index (χ0) is 23.5. The molecule has 0 saturated carbocycles. The molecule has 1 fully saturated rings. The van der Waals surface area contributed by atoms with E-state index in [0.29, 0.717) is 11.6 Å². The molecular weight excluding hydrogens is 434 g/mol. The van der Waals surface area contributed by atoms with E-state index in [2.05, 4.69) is 10.2 Å². The van der Waals surface area contributed by atoms with Crippen molar-refractivity contribution in [3.05, 3.63) is 64.7 Å². The van der Waals surface area contributed by atoms with Crippen molar-refractivity contribution in [2.24, 2.45) is 0 Å². The van der Waals surface area contributed by atoms with E-state index in [4.69, 9.17) is 21.8 Å². The molecule has 0 bridgehead atoms. The van der Waals surface area contributed by atoms with Crippen LogP contribution in [0.1, 0.15) is 22.8 Å². The van der Waals surface area contributed by atoms with Crippen molar-refractivity contribution in [1.82, 2.24) is 10.2 Å². The van der Waals surface area contributed by atoms with E-state index in [1.807, 2.05) is 24.3 Å². The Balaban J connectivity index is 0.000000229. The summed E-state index contributed by atoms with van der Waals surface area (Å²) in [5.74, 6) is -0.505. The molecule has 2 amide bonds. The van der Waals surface area contributed by atoms with Gasteiger partial charge in [-0.2, -0.15) is 0 Å². The highest BCUT2D eigenvalue weighted by Crippen LogP contribution is 2.17. The van der Waals surface area contributed by atoms with Gasteiger partial charge in [0.2, 0.25) is 6.41 Å². The normalized spacial score (nSPS) is 14.1. The van der Waals surface area contributed by atoms with E-state index < -0.39 is 18.6 Å². The Hall–Kier alpha value is -2.94. The second kappa shape index (κ2) is 12.8. The number of Topliss-reactive ketones (excluding diaryl/α,β-unsaturated/α-hetero) is 1. The number of piperazine rings is 1. The SMILES string of the molecule is CC(=O)c1ccc(N2CCN(C=O)CC2)cc1.O=C(NCc1ccc(Cl)cc1)C(O)CO. The molecule has 1 aliphatic rings. The van der Waals surface area contributed by atoms with Gasteiger partial charge in [0.05, 0.1) is 6.61 Å². The molecule has 0 spiro atoms. The van der Waals surface area contributed by atoms with Gasteiger partial charge in [-0.3, -0.25) is 14.4 Å². The Morgan fingerprint density at radius 2 is 1.66 bits per heavy atom. The lowest BCUT2D eigenvalue weighted by Gasteiger charge is -2.34. The van der Waals surface area contributed by atoms with Crippen molar-refractivity contribution in [3.8, 4) is 0 Å². The first kappa shape index (κ1) is 25.3. The lowest BCUT2D eigenvalue weighted by Crippen LogP contribution is -2.45. The van der Waals surface area contributed by atoms with Gasteiger partial charge in [0, 0.05) is 49.0 Å². The van der Waals surface area contributed by atoms with E-state index in [1.165, 1.54) is 0 Å². The van der Waals surface area contributed by atoms with Crippen LogP contribution in [0.4, 0.5) is 5.69 Å². The summed E-state index contributed by atoms with van der Waals surface area (Å²) in [5.41, 5.74) is 2.72. The van der Waals surface area contributed by atoms with E-state index >= 15 is 0 Å². The Kier molecular flexibility index (Phi) is 10.1. The predicted molar refractivity (Wildman–Crippen MR) is 123 cm³/mol. The fraction of sp³-hybridized carbons (Fsp3) is 0.348. The van der Waals surface area contributed by atoms with Crippen LogP contribution >= 0.6 is 11.6 Å². The van der Waals surface area contributed by atoms with Gasteiger partial charge in [-0.1, -0.05) is 23.7 Å². The number of carbonyl (C=O) groups is 3. The molecule has 172 valence electrons. The number of benzene rings is 2. The van der Waals surface area contributed by atoms with Crippen LogP contribution in [0.2, 0.25) is 5.02 Å². The zero-order valence-corrected chi connectivity index (χ0v) is 18.7. The number of hydrogen-bond donors (Lipinski definition) is 3. The van der Waals surface area contributed by atoms with Crippen LogP contribution in [0.3, 0.4) is 0 Å². The van der Waals surface area contributed by atoms with Gasteiger partial charge in [0.1, 0.15) is 0 Å². The number of aliphatic hydroxyl groups excluding tert-OH is 2. The van der Waals surface area contributed by atoms with E-state index in [0.717, 1.165) is 49.4 Å². The molecule has 1 unspecified atom stereocenters. The lowest BCUT2D eigenvalue weighted by molar-refractivity contribution is -0.131. The first-order valence-electron chi connectivity index (χ1n) is 10.2. The molecule has 0 radical (unpaired) electrons.